The molecule has 2 aliphatic rings. The Hall–Kier alpha value is -0.153. The van der Waals surface area contributed by atoms with Crippen LogP contribution < -0.4 is 0 Å². The second-order valence-electron chi connectivity index (χ2n) is 5.85. The van der Waals surface area contributed by atoms with Crippen LogP contribution in [0, 0.1) is 0 Å². The Kier molecular flexibility index (Phi) is 2.16. The van der Waals surface area contributed by atoms with Crippen LogP contribution in [0.25, 0.3) is 0 Å². The van der Waals surface area contributed by atoms with Crippen molar-refractivity contribution in [2.75, 3.05) is 0 Å². The van der Waals surface area contributed by atoms with Gasteiger partial charge in [0.2, 0.25) is 0 Å². The van der Waals surface area contributed by atoms with Crippen molar-refractivity contribution in [1.82, 2.24) is 0 Å². The van der Waals surface area contributed by atoms with E-state index in [9.17, 15) is 4.79 Å². The van der Waals surface area contributed by atoms with Gasteiger partial charge in [-0.3, -0.25) is 4.79 Å². The third-order valence-corrected chi connectivity index (χ3v) is 6.79. The SMILES string of the molecule is CC[C@@]12C[C@@H]([Si](C)(C)C)CC(=O)[C@@H]1O2. The molecule has 2 rings (SSSR count). The smallest absolute Gasteiger partial charge is 0.164 e. The zero-order chi connectivity index (χ0) is 10.6. The second kappa shape index (κ2) is 2.92. The number of rotatable bonds is 2. The summed E-state index contributed by atoms with van der Waals surface area (Å²) in [6, 6.07) is 0. The highest BCUT2D eigenvalue weighted by atomic mass is 28.3. The van der Waals surface area contributed by atoms with E-state index in [1.165, 1.54) is 0 Å². The summed E-state index contributed by atoms with van der Waals surface area (Å²) >= 11 is 0. The Labute approximate surface area is 87.0 Å². The van der Waals surface area contributed by atoms with E-state index in [4.69, 9.17) is 4.74 Å². The molecule has 0 unspecified atom stereocenters. The largest absolute Gasteiger partial charge is 0.358 e. The molecule has 0 amide bonds. The van der Waals surface area contributed by atoms with Crippen LogP contribution in [0.5, 0.6) is 0 Å². The number of hydrogen-bond donors (Lipinski definition) is 0. The summed E-state index contributed by atoms with van der Waals surface area (Å²) in [7, 11) is -1.18. The van der Waals surface area contributed by atoms with E-state index in [0.717, 1.165) is 19.3 Å². The molecule has 1 heterocycles. The lowest BCUT2D eigenvalue weighted by Gasteiger charge is -2.33. The summed E-state index contributed by atoms with van der Waals surface area (Å²) < 4.78 is 5.62. The van der Waals surface area contributed by atoms with Gasteiger partial charge in [-0.15, -0.1) is 0 Å². The average Bonchev–Trinajstić information content (AvgIpc) is 2.78. The molecule has 3 heteroatoms. The predicted octanol–water partition coefficient (Wildman–Crippen LogP) is 2.61. The number of epoxide rings is 1. The number of fused-ring (bicyclic) bond motifs is 1. The summed E-state index contributed by atoms with van der Waals surface area (Å²) in [4.78, 5) is 11.8. The van der Waals surface area contributed by atoms with Gasteiger partial charge in [0.15, 0.2) is 5.78 Å². The molecule has 2 nitrogen and oxygen atoms in total. The van der Waals surface area contributed by atoms with Crippen molar-refractivity contribution in [2.45, 2.75) is 63.1 Å². The molecule has 2 fully saturated rings. The molecular formula is C11H20O2Si. The van der Waals surface area contributed by atoms with Gasteiger partial charge in [0, 0.05) is 14.5 Å². The topological polar surface area (TPSA) is 29.6 Å². The zero-order valence-corrected chi connectivity index (χ0v) is 10.6. The van der Waals surface area contributed by atoms with Crippen molar-refractivity contribution in [1.29, 1.82) is 0 Å². The number of carbonyl (C=O) groups is 1. The molecule has 0 bridgehead atoms. The Morgan fingerprint density at radius 3 is 2.64 bits per heavy atom. The van der Waals surface area contributed by atoms with Crippen LogP contribution in [-0.2, 0) is 9.53 Å². The van der Waals surface area contributed by atoms with Gasteiger partial charge in [0.1, 0.15) is 11.7 Å². The highest BCUT2D eigenvalue weighted by molar-refractivity contribution is 6.77. The normalized spacial score (nSPS) is 42.1. The maximum absolute atomic E-state index is 11.8. The maximum atomic E-state index is 11.8. The van der Waals surface area contributed by atoms with E-state index < -0.39 is 8.07 Å². The van der Waals surface area contributed by atoms with Gasteiger partial charge in [-0.05, 0) is 18.4 Å². The van der Waals surface area contributed by atoms with Gasteiger partial charge in [-0.2, -0.15) is 0 Å². The second-order valence-corrected chi connectivity index (χ2v) is 11.4. The van der Waals surface area contributed by atoms with E-state index in [2.05, 4.69) is 26.6 Å². The van der Waals surface area contributed by atoms with Crippen molar-refractivity contribution < 1.29 is 9.53 Å². The first-order chi connectivity index (χ1) is 6.39. The lowest BCUT2D eigenvalue weighted by Crippen LogP contribution is -2.39. The molecule has 1 saturated carbocycles. The lowest BCUT2D eigenvalue weighted by molar-refractivity contribution is -0.120. The number of carbonyl (C=O) groups excluding carboxylic acids is 1. The molecule has 1 aliphatic carbocycles. The van der Waals surface area contributed by atoms with Gasteiger partial charge < -0.3 is 4.74 Å². The van der Waals surface area contributed by atoms with E-state index >= 15 is 0 Å². The van der Waals surface area contributed by atoms with Gasteiger partial charge >= 0.3 is 0 Å². The van der Waals surface area contributed by atoms with Crippen molar-refractivity contribution >= 4 is 13.9 Å². The molecule has 0 spiro atoms. The molecule has 80 valence electrons. The van der Waals surface area contributed by atoms with Gasteiger partial charge in [-0.1, -0.05) is 26.6 Å². The summed E-state index contributed by atoms with van der Waals surface area (Å²) in [6.45, 7) is 9.21. The van der Waals surface area contributed by atoms with Crippen molar-refractivity contribution in [3.63, 3.8) is 0 Å². The predicted molar refractivity (Wildman–Crippen MR) is 59.2 cm³/mol. The van der Waals surface area contributed by atoms with Crippen LogP contribution in [0.3, 0.4) is 0 Å². The van der Waals surface area contributed by atoms with E-state index in [1.54, 1.807) is 0 Å². The van der Waals surface area contributed by atoms with Crippen LogP contribution in [0.1, 0.15) is 26.2 Å². The number of Topliss-reactive ketones (excluding diaryl/α,β-unsaturated/α-hetero) is 1. The lowest BCUT2D eigenvalue weighted by atomic mass is 9.86. The first kappa shape index (κ1) is 10.4. The molecule has 1 aliphatic heterocycles. The molecule has 0 aromatic carbocycles. The fraction of sp³-hybridized carbons (Fsp3) is 0.909. The van der Waals surface area contributed by atoms with Gasteiger partial charge in [0.25, 0.3) is 0 Å². The van der Waals surface area contributed by atoms with Crippen LogP contribution in [0.15, 0.2) is 0 Å². The molecule has 1 saturated heterocycles. The van der Waals surface area contributed by atoms with Gasteiger partial charge in [-0.25, -0.2) is 0 Å². The van der Waals surface area contributed by atoms with Crippen LogP contribution >= 0.6 is 0 Å². The molecule has 3 atom stereocenters. The minimum absolute atomic E-state index is 0.0275. The Morgan fingerprint density at radius 1 is 1.50 bits per heavy atom. The number of ether oxygens (including phenoxy) is 1. The van der Waals surface area contributed by atoms with Crippen molar-refractivity contribution in [3.8, 4) is 0 Å². The minimum Gasteiger partial charge on any atom is -0.358 e. The van der Waals surface area contributed by atoms with Crippen LogP contribution in [-0.4, -0.2) is 25.6 Å². The summed E-state index contributed by atoms with van der Waals surface area (Å²) in [6.07, 6.45) is 2.89. The maximum Gasteiger partial charge on any atom is 0.164 e. The van der Waals surface area contributed by atoms with E-state index in [1.807, 2.05) is 0 Å². The highest BCUT2D eigenvalue weighted by Gasteiger charge is 2.63. The number of ketones is 1. The Bertz CT molecular complexity index is 269. The molecule has 0 N–H and O–H groups in total. The fourth-order valence-electron chi connectivity index (χ4n) is 2.58. The minimum atomic E-state index is -1.18. The number of hydrogen-bond acceptors (Lipinski definition) is 2. The Morgan fingerprint density at radius 2 is 2.14 bits per heavy atom. The fourth-order valence-corrected chi connectivity index (χ4v) is 4.35. The summed E-state index contributed by atoms with van der Waals surface area (Å²) in [5, 5.41) is 0. The monoisotopic (exact) mass is 212 g/mol. The first-order valence-electron chi connectivity index (χ1n) is 5.59. The average molecular weight is 212 g/mol. The highest BCUT2D eigenvalue weighted by Crippen LogP contribution is 2.54. The molecule has 0 aromatic rings. The third-order valence-electron chi connectivity index (χ3n) is 3.93. The first-order valence-corrected chi connectivity index (χ1v) is 9.17. The van der Waals surface area contributed by atoms with E-state index in [0.29, 0.717) is 11.3 Å². The third kappa shape index (κ3) is 1.46. The zero-order valence-electron chi connectivity index (χ0n) is 9.59. The van der Waals surface area contributed by atoms with Crippen LogP contribution in [0.2, 0.25) is 25.2 Å². The van der Waals surface area contributed by atoms with Crippen molar-refractivity contribution in [2.24, 2.45) is 0 Å². The molecular weight excluding hydrogens is 192 g/mol. The van der Waals surface area contributed by atoms with Gasteiger partial charge in [0.05, 0.1) is 0 Å². The molecule has 0 radical (unpaired) electrons. The standard InChI is InChI=1S/C11H20O2Si/c1-5-11-7-8(14(2,3)4)6-9(12)10(11)13-11/h8,10H,5-7H2,1-4H3/t8-,10-,11+/m0/s1. The Balaban J connectivity index is 2.14. The summed E-state index contributed by atoms with van der Waals surface area (Å²) in [5.41, 5.74) is 0.606. The quantitative estimate of drug-likeness (QED) is 0.520. The molecule has 14 heavy (non-hydrogen) atoms. The molecule has 0 aromatic heterocycles. The van der Waals surface area contributed by atoms with E-state index in [-0.39, 0.29) is 11.7 Å². The summed E-state index contributed by atoms with van der Waals surface area (Å²) in [5.74, 6) is 0.366. The van der Waals surface area contributed by atoms with Crippen molar-refractivity contribution in [3.05, 3.63) is 0 Å². The van der Waals surface area contributed by atoms with Crippen LogP contribution in [0.4, 0.5) is 0 Å².